The summed E-state index contributed by atoms with van der Waals surface area (Å²) >= 11 is 0. The minimum Gasteiger partial charge on any atom is -0.463 e. The summed E-state index contributed by atoms with van der Waals surface area (Å²) in [5.74, 6) is -0.751. The average Bonchev–Trinajstić information content (AvgIpc) is 2.57. The lowest BCUT2D eigenvalue weighted by Crippen LogP contribution is -2.39. The van der Waals surface area contributed by atoms with E-state index in [-0.39, 0.29) is 48.9 Å². The molecule has 29 heavy (non-hydrogen) atoms. The Morgan fingerprint density at radius 1 is 0.966 bits per heavy atom. The molecule has 0 aliphatic carbocycles. The number of rotatable bonds is 9. The number of esters is 2. The van der Waals surface area contributed by atoms with Gasteiger partial charge in [0.2, 0.25) is 0 Å². The van der Waals surface area contributed by atoms with Crippen LogP contribution >= 0.6 is 0 Å². The first-order valence-corrected chi connectivity index (χ1v) is 8.67. The van der Waals surface area contributed by atoms with Crippen LogP contribution < -0.4 is 0 Å². The van der Waals surface area contributed by atoms with Crippen LogP contribution in [-0.4, -0.2) is 29.8 Å². The van der Waals surface area contributed by atoms with Gasteiger partial charge in [0.05, 0.1) is 16.9 Å². The lowest BCUT2D eigenvalue weighted by Gasteiger charge is -2.33. The zero-order valence-electron chi connectivity index (χ0n) is 15.9. The highest BCUT2D eigenvalue weighted by molar-refractivity contribution is 5.80. The molecule has 5 heteroatoms. The van der Waals surface area contributed by atoms with Gasteiger partial charge in [-0.1, -0.05) is 67.0 Å². The van der Waals surface area contributed by atoms with Gasteiger partial charge >= 0.3 is 11.9 Å². The van der Waals surface area contributed by atoms with Gasteiger partial charge < -0.3 is 14.6 Å². The topological polar surface area (TPSA) is 72.8 Å². The van der Waals surface area contributed by atoms with Crippen LogP contribution in [0.2, 0.25) is 0 Å². The van der Waals surface area contributed by atoms with E-state index in [0.29, 0.717) is 12.8 Å². The molecule has 0 fully saturated rings. The number of hydrogen-bond acceptors (Lipinski definition) is 5. The first kappa shape index (κ1) is 34.6. The second-order valence-corrected chi connectivity index (χ2v) is 7.48. The molecule has 1 N–H and O–H groups in total. The van der Waals surface area contributed by atoms with E-state index in [9.17, 15) is 14.7 Å². The molecule has 0 aromatic heterocycles. The van der Waals surface area contributed by atoms with Crippen LogP contribution in [0.25, 0.3) is 0 Å². The Hall–Kier alpha value is -1.88. The molecule has 0 radical (unpaired) electrons. The molecule has 172 valence electrons. The van der Waals surface area contributed by atoms with Gasteiger partial charge in [0.1, 0.15) is 13.2 Å². The smallest absolute Gasteiger partial charge is 0.312 e. The van der Waals surface area contributed by atoms with E-state index >= 15 is 0 Å². The Bertz CT molecular complexity index is 566. The minimum atomic E-state index is -0.856. The van der Waals surface area contributed by atoms with Gasteiger partial charge in [-0.05, 0) is 46.1 Å². The van der Waals surface area contributed by atoms with Crippen molar-refractivity contribution in [1.82, 2.24) is 0 Å². The number of hydrogen-bond donors (Lipinski definition) is 1. The molecule has 2 atom stereocenters. The Balaban J connectivity index is -0.000000781. The van der Waals surface area contributed by atoms with E-state index < -0.39 is 22.9 Å². The van der Waals surface area contributed by atoms with Crippen molar-refractivity contribution >= 4 is 11.9 Å². The largest absolute Gasteiger partial charge is 0.463 e. The van der Waals surface area contributed by atoms with E-state index in [1.54, 1.807) is 20.8 Å². The Morgan fingerprint density at radius 2 is 1.48 bits per heavy atom. The maximum absolute atomic E-state index is 12.6. The van der Waals surface area contributed by atoms with E-state index in [2.05, 4.69) is 0 Å². The Morgan fingerprint density at radius 3 is 1.93 bits per heavy atom. The second-order valence-electron chi connectivity index (χ2n) is 7.48. The van der Waals surface area contributed by atoms with E-state index in [1.807, 2.05) is 44.2 Å². The summed E-state index contributed by atoms with van der Waals surface area (Å²) in [5, 5.41) is 9.26. The van der Waals surface area contributed by atoms with Crippen molar-refractivity contribution in [3.63, 3.8) is 0 Å². The van der Waals surface area contributed by atoms with Crippen molar-refractivity contribution in [3.8, 4) is 0 Å². The van der Waals surface area contributed by atoms with Crippen LogP contribution in [-0.2, 0) is 25.7 Å². The molecule has 1 aromatic carbocycles. The van der Waals surface area contributed by atoms with Crippen LogP contribution in [0.4, 0.5) is 0 Å². The Labute approximate surface area is 179 Å². The fourth-order valence-corrected chi connectivity index (χ4v) is 2.68. The lowest BCUT2D eigenvalue weighted by molar-refractivity contribution is -0.165. The van der Waals surface area contributed by atoms with Gasteiger partial charge in [-0.3, -0.25) is 9.59 Å². The van der Waals surface area contributed by atoms with E-state index in [4.69, 9.17) is 9.47 Å². The third kappa shape index (κ3) is 11.0. The van der Waals surface area contributed by atoms with Crippen molar-refractivity contribution in [2.75, 3.05) is 6.61 Å². The van der Waals surface area contributed by atoms with E-state index in [0.717, 1.165) is 5.56 Å². The van der Waals surface area contributed by atoms with Crippen LogP contribution in [0.15, 0.2) is 30.3 Å². The highest BCUT2D eigenvalue weighted by Gasteiger charge is 2.43. The highest BCUT2D eigenvalue weighted by atomic mass is 16.5. The number of carbonyl (C=O) groups excluding carboxylic acids is 2. The van der Waals surface area contributed by atoms with Gasteiger partial charge in [0, 0.05) is 0 Å². The summed E-state index contributed by atoms with van der Waals surface area (Å²) in [7, 11) is 0. The van der Waals surface area contributed by atoms with Gasteiger partial charge in [0.15, 0.2) is 0 Å². The molecular weight excluding hydrogens is 368 g/mol. The molecule has 0 aliphatic heterocycles. The zero-order chi connectivity index (χ0) is 19.1. The molecule has 0 aliphatic rings. The zero-order valence-corrected chi connectivity index (χ0v) is 15.9. The molecular formula is C24H46O5. The maximum atomic E-state index is 12.6. The Kier molecular flexibility index (Phi) is 17.9. The molecule has 0 saturated heterocycles. The van der Waals surface area contributed by atoms with Crippen molar-refractivity contribution in [2.24, 2.45) is 10.8 Å². The lowest BCUT2D eigenvalue weighted by atomic mass is 9.72. The summed E-state index contributed by atoms with van der Waals surface area (Å²) in [6, 6.07) is 9.48. The fraction of sp³-hybridized carbons (Fsp3) is 0.667. The van der Waals surface area contributed by atoms with Gasteiger partial charge in [-0.15, -0.1) is 0 Å². The highest BCUT2D eigenvalue weighted by Crippen LogP contribution is 2.38. The van der Waals surface area contributed by atoms with Gasteiger partial charge in [-0.2, -0.15) is 0 Å². The molecule has 1 rings (SSSR count). The predicted octanol–water partition coefficient (Wildman–Crippen LogP) is 6.03. The van der Waals surface area contributed by atoms with Crippen molar-refractivity contribution in [1.29, 1.82) is 0 Å². The number of aliphatic hydroxyl groups is 1. The van der Waals surface area contributed by atoms with Crippen molar-refractivity contribution in [2.45, 2.75) is 89.9 Å². The standard InChI is InChI=1S/C20H30O5.4CH4/c1-6-20(5,14-19(3,4)17(22)24-12-15(2)21)18(23)25-13-16-10-8-7-9-11-16;;;;/h7-11,15,21H,6,12-14H2,1-5H3;4*1H4. The molecule has 1 aromatic rings. The quantitative estimate of drug-likeness (QED) is 0.499. The molecule has 2 unspecified atom stereocenters. The van der Waals surface area contributed by atoms with Crippen LogP contribution in [0.5, 0.6) is 0 Å². The maximum Gasteiger partial charge on any atom is 0.312 e. The fourth-order valence-electron chi connectivity index (χ4n) is 2.68. The number of aliphatic hydroxyl groups excluding tert-OH is 1. The van der Waals surface area contributed by atoms with E-state index in [1.165, 1.54) is 0 Å². The summed E-state index contributed by atoms with van der Waals surface area (Å²) < 4.78 is 10.6. The molecule has 0 amide bonds. The summed E-state index contributed by atoms with van der Waals surface area (Å²) in [6.07, 6.45) is 0.143. The summed E-state index contributed by atoms with van der Waals surface area (Å²) in [4.78, 5) is 24.9. The molecule has 0 saturated carbocycles. The first-order valence-electron chi connectivity index (χ1n) is 8.67. The molecule has 5 nitrogen and oxygen atoms in total. The van der Waals surface area contributed by atoms with Gasteiger partial charge in [0.25, 0.3) is 0 Å². The predicted molar refractivity (Wildman–Crippen MR) is 123 cm³/mol. The van der Waals surface area contributed by atoms with Gasteiger partial charge in [-0.25, -0.2) is 0 Å². The van der Waals surface area contributed by atoms with Crippen LogP contribution in [0.1, 0.15) is 82.7 Å². The second kappa shape index (κ2) is 15.0. The van der Waals surface area contributed by atoms with Crippen molar-refractivity contribution in [3.05, 3.63) is 35.9 Å². The minimum absolute atomic E-state index is 0. The van der Waals surface area contributed by atoms with Crippen molar-refractivity contribution < 1.29 is 24.2 Å². The van der Waals surface area contributed by atoms with Crippen LogP contribution in [0.3, 0.4) is 0 Å². The number of benzene rings is 1. The molecule has 0 spiro atoms. The monoisotopic (exact) mass is 414 g/mol. The first-order chi connectivity index (χ1) is 11.6. The number of ether oxygens (including phenoxy) is 2. The average molecular weight is 415 g/mol. The number of carbonyl (C=O) groups is 2. The third-order valence-corrected chi connectivity index (χ3v) is 4.33. The normalized spacial score (nSPS) is 13.0. The third-order valence-electron chi connectivity index (χ3n) is 4.33. The molecule has 0 heterocycles. The molecule has 0 bridgehead atoms. The van der Waals surface area contributed by atoms with Crippen LogP contribution in [0, 0.1) is 10.8 Å². The summed E-state index contributed by atoms with van der Waals surface area (Å²) in [5.41, 5.74) is -0.724. The summed E-state index contributed by atoms with van der Waals surface area (Å²) in [6.45, 7) is 8.92. The SMILES string of the molecule is C.C.C.C.CCC(C)(CC(C)(C)C(=O)OCC(C)O)C(=O)OCc1ccccc1.